The summed E-state index contributed by atoms with van der Waals surface area (Å²) in [6, 6.07) is 0. The fraction of sp³-hybridized carbons (Fsp3) is 0.429. The van der Waals surface area contributed by atoms with Crippen LogP contribution in [0.3, 0.4) is 0 Å². The van der Waals surface area contributed by atoms with Crippen molar-refractivity contribution >= 4 is 23.9 Å². The molecule has 0 fully saturated rings. The van der Waals surface area contributed by atoms with Gasteiger partial charge in [0.2, 0.25) is 0 Å². The van der Waals surface area contributed by atoms with Gasteiger partial charge in [-0.15, -0.1) is 0 Å². The van der Waals surface area contributed by atoms with Crippen molar-refractivity contribution in [2.24, 2.45) is 0 Å². The molecule has 0 aliphatic rings. The summed E-state index contributed by atoms with van der Waals surface area (Å²) in [6.07, 6.45) is 3.29. The van der Waals surface area contributed by atoms with Gasteiger partial charge < -0.3 is 20.4 Å². The number of aliphatic carboxylic acids is 4. The van der Waals surface area contributed by atoms with Crippen LogP contribution in [0, 0.1) is 0 Å². The van der Waals surface area contributed by atoms with Crippen LogP contribution < -0.4 is 0 Å². The molecular formula is C14H20O9Ti. The molecule has 9 nitrogen and oxygen atoms in total. The molecule has 0 saturated carbocycles. The molecule has 134 valence electrons. The molecule has 0 aromatic rings. The van der Waals surface area contributed by atoms with E-state index in [-0.39, 0.29) is 36.8 Å². The van der Waals surface area contributed by atoms with Gasteiger partial charge >= 0.3 is 47.6 Å². The molecule has 0 aliphatic heterocycles. The van der Waals surface area contributed by atoms with Crippen molar-refractivity contribution in [2.45, 2.75) is 39.5 Å². The zero-order valence-electron chi connectivity index (χ0n) is 13.3. The van der Waals surface area contributed by atoms with E-state index in [0.29, 0.717) is 0 Å². The Bertz CT molecular complexity index is 450. The summed E-state index contributed by atoms with van der Waals surface area (Å²) < 4.78 is 8.25. The summed E-state index contributed by atoms with van der Waals surface area (Å²) in [4.78, 5) is 40.3. The number of rotatable bonds is 8. The van der Waals surface area contributed by atoms with Crippen molar-refractivity contribution < 1.29 is 63.3 Å². The Kier molecular flexibility index (Phi) is 19.2. The molecule has 0 saturated heterocycles. The van der Waals surface area contributed by atoms with Gasteiger partial charge in [0.15, 0.2) is 0 Å². The first-order valence-corrected chi connectivity index (χ1v) is 7.15. The maximum atomic E-state index is 10.2. The molecule has 0 atom stereocenters. The Morgan fingerprint density at radius 2 is 0.958 bits per heavy atom. The van der Waals surface area contributed by atoms with Gasteiger partial charge in [-0.25, -0.2) is 9.59 Å². The van der Waals surface area contributed by atoms with Crippen LogP contribution in [0.15, 0.2) is 23.3 Å². The summed E-state index contributed by atoms with van der Waals surface area (Å²) in [7, 11) is 0. The van der Waals surface area contributed by atoms with E-state index in [1.165, 1.54) is 26.0 Å². The monoisotopic (exact) mass is 380 g/mol. The van der Waals surface area contributed by atoms with E-state index in [4.69, 9.17) is 23.8 Å². The van der Waals surface area contributed by atoms with Crippen LogP contribution in [-0.4, -0.2) is 44.3 Å². The molecular weight excluding hydrogens is 360 g/mol. The minimum absolute atomic E-state index is 0.0232. The molecule has 0 amide bonds. The zero-order chi connectivity index (χ0) is 19.7. The first-order chi connectivity index (χ1) is 11.1. The number of allylic oxidation sites excluding steroid dienone is 2. The van der Waals surface area contributed by atoms with Gasteiger partial charge in [0, 0.05) is 24.0 Å². The number of carbonyl (C=O) groups is 4. The molecule has 0 spiro atoms. The number of hydrogen-bond acceptors (Lipinski definition) is 5. The van der Waals surface area contributed by atoms with Gasteiger partial charge in [0.1, 0.15) is 0 Å². The molecule has 24 heavy (non-hydrogen) atoms. The summed E-state index contributed by atoms with van der Waals surface area (Å²) in [5, 5.41) is 33.0. The standard InChI is InChI=1S/2C7H10O4.O.Ti/c2*1-5(7(10)11)3-2-4-6(8)9;;/h2*3H,2,4H2,1H3,(H,8,9)(H,10,11);;. The van der Waals surface area contributed by atoms with Gasteiger partial charge in [-0.05, 0) is 26.7 Å². The van der Waals surface area contributed by atoms with Crippen LogP contribution in [0.1, 0.15) is 39.5 Å². The topological polar surface area (TPSA) is 166 Å². The summed E-state index contributed by atoms with van der Waals surface area (Å²) in [6.45, 7) is 2.87. The van der Waals surface area contributed by atoms with Crippen molar-refractivity contribution in [3.8, 4) is 0 Å². The number of hydrogen-bond donors (Lipinski definition) is 4. The fourth-order valence-corrected chi connectivity index (χ4v) is 0.999. The molecule has 0 aromatic carbocycles. The van der Waals surface area contributed by atoms with E-state index in [0.717, 1.165) is 20.4 Å². The number of carboxylic acid groups (broad SMARTS) is 4. The summed E-state index contributed by atoms with van der Waals surface area (Å²) in [5.41, 5.74) is 0.373. The van der Waals surface area contributed by atoms with Crippen LogP contribution in [-0.2, 0) is 42.9 Å². The Balaban J connectivity index is -0.000000333. The van der Waals surface area contributed by atoms with E-state index >= 15 is 0 Å². The average molecular weight is 380 g/mol. The van der Waals surface area contributed by atoms with Crippen molar-refractivity contribution in [1.29, 1.82) is 0 Å². The Hall–Kier alpha value is -2.13. The maximum absolute atomic E-state index is 10.2. The Morgan fingerprint density at radius 3 is 1.12 bits per heavy atom. The predicted octanol–water partition coefficient (Wildman–Crippen LogP) is 1.64. The third kappa shape index (κ3) is 22.2. The SMILES string of the molecule is CC(=CCCC(=O)O)C(=O)O.CC(=CCCC(=O)O)C(=O)O.[O]=[Ti]. The van der Waals surface area contributed by atoms with E-state index in [9.17, 15) is 19.2 Å². The van der Waals surface area contributed by atoms with Crippen LogP contribution in [0.5, 0.6) is 0 Å². The second-order valence-corrected chi connectivity index (χ2v) is 4.25. The van der Waals surface area contributed by atoms with Crippen LogP contribution in [0.2, 0.25) is 0 Å². The molecule has 0 rings (SSSR count). The van der Waals surface area contributed by atoms with Crippen LogP contribution in [0.25, 0.3) is 0 Å². The number of carboxylic acids is 4. The van der Waals surface area contributed by atoms with Gasteiger partial charge in [-0.2, -0.15) is 0 Å². The molecule has 0 aromatic heterocycles. The summed E-state index contributed by atoms with van der Waals surface area (Å²) in [5.74, 6) is -3.84. The minimum atomic E-state index is -1.00. The van der Waals surface area contributed by atoms with E-state index in [1.807, 2.05) is 0 Å². The zero-order valence-corrected chi connectivity index (χ0v) is 14.9. The van der Waals surface area contributed by atoms with Gasteiger partial charge in [-0.3, -0.25) is 9.59 Å². The van der Waals surface area contributed by atoms with E-state index < -0.39 is 23.9 Å². The van der Waals surface area contributed by atoms with Crippen LogP contribution >= 0.6 is 0 Å². The molecule has 10 heteroatoms. The van der Waals surface area contributed by atoms with Crippen molar-refractivity contribution in [1.82, 2.24) is 0 Å². The van der Waals surface area contributed by atoms with Gasteiger partial charge in [0.05, 0.1) is 0 Å². The molecule has 4 N–H and O–H groups in total. The quantitative estimate of drug-likeness (QED) is 0.361. The molecule has 0 heterocycles. The third-order valence-corrected chi connectivity index (χ3v) is 2.29. The van der Waals surface area contributed by atoms with Gasteiger partial charge in [0.25, 0.3) is 0 Å². The first-order valence-electron chi connectivity index (χ1n) is 6.52. The van der Waals surface area contributed by atoms with Crippen molar-refractivity contribution in [3.63, 3.8) is 0 Å². The first kappa shape index (κ1) is 26.8. The Labute approximate surface area is 150 Å². The fourth-order valence-electron chi connectivity index (χ4n) is 0.999. The summed E-state index contributed by atoms with van der Waals surface area (Å²) >= 11 is 0.750. The molecule has 0 unspecified atom stereocenters. The second-order valence-electron chi connectivity index (χ2n) is 4.25. The van der Waals surface area contributed by atoms with E-state index in [1.54, 1.807) is 0 Å². The van der Waals surface area contributed by atoms with Crippen LogP contribution in [0.4, 0.5) is 0 Å². The molecule has 0 radical (unpaired) electrons. The molecule has 0 bridgehead atoms. The van der Waals surface area contributed by atoms with E-state index in [2.05, 4.69) is 0 Å². The Morgan fingerprint density at radius 1 is 0.708 bits per heavy atom. The second kappa shape index (κ2) is 17.2. The normalized spacial score (nSPS) is 10.4. The van der Waals surface area contributed by atoms with Crippen molar-refractivity contribution in [2.75, 3.05) is 0 Å². The third-order valence-electron chi connectivity index (χ3n) is 2.29. The van der Waals surface area contributed by atoms with Crippen molar-refractivity contribution in [3.05, 3.63) is 23.3 Å². The predicted molar refractivity (Wildman–Crippen MR) is 77.2 cm³/mol. The van der Waals surface area contributed by atoms with Gasteiger partial charge in [-0.1, -0.05) is 12.2 Å². The molecule has 0 aliphatic carbocycles. The average Bonchev–Trinajstić information content (AvgIpc) is 2.48.